The second kappa shape index (κ2) is 6.24. The first-order valence-corrected chi connectivity index (χ1v) is 8.44. The van der Waals surface area contributed by atoms with Crippen LogP contribution >= 0.6 is 0 Å². The number of likely N-dealkylation sites (tertiary alicyclic amines) is 1. The van der Waals surface area contributed by atoms with Crippen LogP contribution in [-0.4, -0.2) is 40.6 Å². The van der Waals surface area contributed by atoms with Crippen LogP contribution in [0, 0.1) is 11.8 Å². The molecule has 118 valence electrons. The lowest BCUT2D eigenvalue weighted by Crippen LogP contribution is -2.55. The van der Waals surface area contributed by atoms with Gasteiger partial charge in [-0.25, -0.2) is 4.79 Å². The second-order valence-electron chi connectivity index (χ2n) is 6.94. The number of carboxylic acids is 1. The minimum atomic E-state index is -0.818. The van der Waals surface area contributed by atoms with Gasteiger partial charge in [0.15, 0.2) is 0 Å². The fraction of sp³-hybridized carbons (Fsp3) is 0.875. The van der Waals surface area contributed by atoms with Crippen molar-refractivity contribution in [3.8, 4) is 0 Å². The Bertz CT molecular complexity index is 406. The number of carbonyl (C=O) groups excluding carboxylic acids is 1. The van der Waals surface area contributed by atoms with Gasteiger partial charge in [0, 0.05) is 18.6 Å². The smallest absolute Gasteiger partial charge is 0.317 e. The molecular weight excluding hydrogens is 268 g/mol. The average molecular weight is 294 g/mol. The summed E-state index contributed by atoms with van der Waals surface area (Å²) in [7, 11) is 0. The first-order valence-electron chi connectivity index (χ1n) is 8.44. The van der Waals surface area contributed by atoms with Gasteiger partial charge in [0.2, 0.25) is 0 Å². The SMILES string of the molecule is O=C(O)CC(NC(=O)N1CCCC2CCCCC21)C1CC1. The number of hydrogen-bond acceptors (Lipinski definition) is 2. The summed E-state index contributed by atoms with van der Waals surface area (Å²) in [6.07, 6.45) is 9.34. The van der Waals surface area contributed by atoms with Crippen molar-refractivity contribution in [2.75, 3.05) is 6.54 Å². The third-order valence-electron chi connectivity index (χ3n) is 5.40. The zero-order valence-corrected chi connectivity index (χ0v) is 12.6. The molecule has 1 heterocycles. The van der Waals surface area contributed by atoms with Gasteiger partial charge in [0.1, 0.15) is 0 Å². The third kappa shape index (κ3) is 3.50. The van der Waals surface area contributed by atoms with E-state index in [1.807, 2.05) is 4.90 Å². The van der Waals surface area contributed by atoms with Gasteiger partial charge < -0.3 is 15.3 Å². The Morgan fingerprint density at radius 3 is 2.52 bits per heavy atom. The largest absolute Gasteiger partial charge is 0.481 e. The molecule has 21 heavy (non-hydrogen) atoms. The zero-order chi connectivity index (χ0) is 14.8. The topological polar surface area (TPSA) is 69.6 Å². The molecule has 1 saturated heterocycles. The van der Waals surface area contributed by atoms with Crippen molar-refractivity contribution in [3.05, 3.63) is 0 Å². The molecule has 3 aliphatic rings. The Morgan fingerprint density at radius 1 is 1.10 bits per heavy atom. The van der Waals surface area contributed by atoms with Crippen LogP contribution in [0.5, 0.6) is 0 Å². The Morgan fingerprint density at radius 2 is 1.81 bits per heavy atom. The summed E-state index contributed by atoms with van der Waals surface area (Å²) >= 11 is 0. The van der Waals surface area contributed by atoms with Crippen LogP contribution in [0.15, 0.2) is 0 Å². The number of aliphatic carboxylic acids is 1. The molecule has 2 saturated carbocycles. The Hall–Kier alpha value is -1.26. The number of fused-ring (bicyclic) bond motifs is 1. The molecule has 0 spiro atoms. The van der Waals surface area contributed by atoms with Crippen LogP contribution < -0.4 is 5.32 Å². The van der Waals surface area contributed by atoms with Crippen molar-refractivity contribution in [1.29, 1.82) is 0 Å². The van der Waals surface area contributed by atoms with Crippen LogP contribution in [0.25, 0.3) is 0 Å². The number of carbonyl (C=O) groups is 2. The summed E-state index contributed by atoms with van der Waals surface area (Å²) in [4.78, 5) is 25.6. The first kappa shape index (κ1) is 14.7. The number of hydrogen-bond donors (Lipinski definition) is 2. The predicted octanol–water partition coefficient (Wildman–Crippen LogP) is 2.60. The Labute approximate surface area is 126 Å². The summed E-state index contributed by atoms with van der Waals surface area (Å²) < 4.78 is 0. The molecule has 5 heteroatoms. The number of urea groups is 1. The fourth-order valence-corrected chi connectivity index (χ4v) is 4.14. The van der Waals surface area contributed by atoms with Crippen molar-refractivity contribution in [2.24, 2.45) is 11.8 Å². The van der Waals surface area contributed by atoms with Crippen molar-refractivity contribution in [2.45, 2.75) is 69.9 Å². The van der Waals surface area contributed by atoms with Gasteiger partial charge in [-0.05, 0) is 50.4 Å². The fourth-order valence-electron chi connectivity index (χ4n) is 4.14. The minimum absolute atomic E-state index is 0.0234. The van der Waals surface area contributed by atoms with Crippen molar-refractivity contribution in [1.82, 2.24) is 10.2 Å². The molecule has 3 rings (SSSR count). The summed E-state index contributed by atoms with van der Waals surface area (Å²) in [5.41, 5.74) is 0. The van der Waals surface area contributed by atoms with Gasteiger partial charge in [-0.15, -0.1) is 0 Å². The van der Waals surface area contributed by atoms with Crippen molar-refractivity contribution >= 4 is 12.0 Å². The molecule has 2 aliphatic carbocycles. The lowest BCUT2D eigenvalue weighted by Gasteiger charge is -2.44. The van der Waals surface area contributed by atoms with Crippen LogP contribution in [0.3, 0.4) is 0 Å². The summed E-state index contributed by atoms with van der Waals surface area (Å²) in [6.45, 7) is 0.831. The van der Waals surface area contributed by atoms with Crippen LogP contribution in [-0.2, 0) is 4.79 Å². The van der Waals surface area contributed by atoms with Crippen LogP contribution in [0.2, 0.25) is 0 Å². The lowest BCUT2D eigenvalue weighted by atomic mass is 9.78. The number of amides is 2. The van der Waals surface area contributed by atoms with E-state index in [0.29, 0.717) is 17.9 Å². The van der Waals surface area contributed by atoms with Crippen molar-refractivity contribution in [3.63, 3.8) is 0 Å². The maximum atomic E-state index is 12.6. The molecule has 0 bridgehead atoms. The normalized spacial score (nSPS) is 30.4. The third-order valence-corrected chi connectivity index (χ3v) is 5.40. The number of nitrogens with zero attached hydrogens (tertiary/aromatic N) is 1. The molecular formula is C16H26N2O3. The van der Waals surface area contributed by atoms with Crippen LogP contribution in [0.4, 0.5) is 4.79 Å². The summed E-state index contributed by atoms with van der Waals surface area (Å²) in [5.74, 6) is 0.218. The molecule has 2 N–H and O–H groups in total. The van der Waals surface area contributed by atoms with Gasteiger partial charge >= 0.3 is 12.0 Å². The van der Waals surface area contributed by atoms with E-state index in [2.05, 4.69) is 5.32 Å². The zero-order valence-electron chi connectivity index (χ0n) is 12.6. The molecule has 3 atom stereocenters. The summed E-state index contributed by atoms with van der Waals surface area (Å²) in [6, 6.07) is 0.181. The number of carboxylic acid groups (broad SMARTS) is 1. The number of rotatable bonds is 4. The van der Waals surface area contributed by atoms with E-state index in [1.54, 1.807) is 0 Å². The number of piperidine rings is 1. The highest BCUT2D eigenvalue weighted by atomic mass is 16.4. The van der Waals surface area contributed by atoms with E-state index in [9.17, 15) is 9.59 Å². The van der Waals surface area contributed by atoms with E-state index in [1.165, 1.54) is 25.7 Å². The molecule has 3 fully saturated rings. The molecule has 3 unspecified atom stereocenters. The molecule has 0 aromatic rings. The van der Waals surface area contributed by atoms with Gasteiger partial charge in [0.25, 0.3) is 0 Å². The Balaban J connectivity index is 1.61. The first-order chi connectivity index (χ1) is 10.1. The molecule has 0 aromatic carbocycles. The van der Waals surface area contributed by atoms with Gasteiger partial charge in [-0.2, -0.15) is 0 Å². The monoisotopic (exact) mass is 294 g/mol. The highest BCUT2D eigenvalue weighted by molar-refractivity contribution is 5.76. The van der Waals surface area contributed by atoms with Gasteiger partial charge in [0.05, 0.1) is 6.42 Å². The quantitative estimate of drug-likeness (QED) is 0.837. The molecule has 5 nitrogen and oxygen atoms in total. The maximum absolute atomic E-state index is 12.6. The van der Waals surface area contributed by atoms with E-state index < -0.39 is 5.97 Å². The maximum Gasteiger partial charge on any atom is 0.317 e. The molecule has 1 aliphatic heterocycles. The van der Waals surface area contributed by atoms with E-state index in [4.69, 9.17) is 5.11 Å². The molecule has 0 aromatic heterocycles. The van der Waals surface area contributed by atoms with Gasteiger partial charge in [-0.3, -0.25) is 4.79 Å². The van der Waals surface area contributed by atoms with E-state index >= 15 is 0 Å². The standard InChI is InChI=1S/C16H26N2O3/c19-15(20)10-13(11-7-8-11)17-16(21)18-9-3-5-12-4-1-2-6-14(12)18/h11-14H,1-10H2,(H,17,21)(H,19,20). The highest BCUT2D eigenvalue weighted by Crippen LogP contribution is 2.36. The van der Waals surface area contributed by atoms with Crippen LogP contribution in [0.1, 0.15) is 57.8 Å². The van der Waals surface area contributed by atoms with E-state index in [-0.39, 0.29) is 18.5 Å². The lowest BCUT2D eigenvalue weighted by molar-refractivity contribution is -0.137. The highest BCUT2D eigenvalue weighted by Gasteiger charge is 2.39. The van der Waals surface area contributed by atoms with E-state index in [0.717, 1.165) is 32.2 Å². The second-order valence-corrected chi connectivity index (χ2v) is 6.94. The average Bonchev–Trinajstić information content (AvgIpc) is 3.30. The van der Waals surface area contributed by atoms with Gasteiger partial charge in [-0.1, -0.05) is 12.8 Å². The molecule has 2 amide bonds. The number of nitrogens with one attached hydrogen (secondary N) is 1. The van der Waals surface area contributed by atoms with Crippen molar-refractivity contribution < 1.29 is 14.7 Å². The minimum Gasteiger partial charge on any atom is -0.481 e. The Kier molecular flexibility index (Phi) is 4.36. The molecule has 0 radical (unpaired) electrons. The predicted molar refractivity (Wildman–Crippen MR) is 79.0 cm³/mol. The summed E-state index contributed by atoms with van der Waals surface area (Å²) in [5, 5.41) is 12.0.